The van der Waals surface area contributed by atoms with Crippen LogP contribution >= 0.6 is 0 Å². The Morgan fingerprint density at radius 2 is 2.05 bits per heavy atom. The summed E-state index contributed by atoms with van der Waals surface area (Å²) in [5, 5.41) is 4.26. The molecule has 1 aliphatic carbocycles. The van der Waals surface area contributed by atoms with Crippen LogP contribution in [0.25, 0.3) is 0 Å². The van der Waals surface area contributed by atoms with Crippen molar-refractivity contribution >= 4 is 5.78 Å². The van der Waals surface area contributed by atoms with Crippen LogP contribution in [-0.2, 0) is 4.79 Å². The lowest BCUT2D eigenvalue weighted by molar-refractivity contribution is -0.131. The molecule has 0 spiro atoms. The third-order valence-electron chi connectivity index (χ3n) is 4.88. The number of aromatic nitrogens is 3. The van der Waals surface area contributed by atoms with Gasteiger partial charge in [0.05, 0.1) is 0 Å². The van der Waals surface area contributed by atoms with Gasteiger partial charge in [0.15, 0.2) is 5.78 Å². The van der Waals surface area contributed by atoms with Crippen LogP contribution in [0, 0.1) is 11.3 Å². The Morgan fingerprint density at radius 3 is 2.62 bits per heavy atom. The zero-order valence-electron chi connectivity index (χ0n) is 13.7. The summed E-state index contributed by atoms with van der Waals surface area (Å²) in [4.78, 5) is 17.1. The van der Waals surface area contributed by atoms with Gasteiger partial charge in [-0.25, -0.2) is 9.67 Å². The smallest absolute Gasteiger partial charge is 0.163 e. The lowest BCUT2D eigenvalue weighted by Crippen LogP contribution is -2.34. The van der Waals surface area contributed by atoms with Crippen molar-refractivity contribution in [2.24, 2.45) is 11.3 Å². The highest BCUT2D eigenvalue weighted by molar-refractivity contribution is 5.87. The molecule has 0 aromatic carbocycles. The van der Waals surface area contributed by atoms with Crippen LogP contribution in [-0.4, -0.2) is 20.5 Å². The van der Waals surface area contributed by atoms with Gasteiger partial charge in [-0.2, -0.15) is 5.10 Å². The lowest BCUT2D eigenvalue weighted by atomic mass is 9.76. The van der Waals surface area contributed by atoms with E-state index in [0.717, 1.165) is 19.3 Å². The van der Waals surface area contributed by atoms with Crippen molar-refractivity contribution in [2.75, 3.05) is 0 Å². The number of hydrogen-bond donors (Lipinski definition) is 0. The first-order chi connectivity index (χ1) is 10.0. The second kappa shape index (κ2) is 7.19. The number of nitrogens with zero attached hydrogens (tertiary/aromatic N) is 3. The van der Waals surface area contributed by atoms with Gasteiger partial charge in [0.25, 0.3) is 0 Å². The molecule has 1 heterocycles. The van der Waals surface area contributed by atoms with Gasteiger partial charge in [-0.1, -0.05) is 59.3 Å². The number of ketones is 1. The first-order valence-electron chi connectivity index (χ1n) is 8.43. The molecular formula is C17H29N3O. The fourth-order valence-corrected chi connectivity index (χ4v) is 3.65. The predicted octanol–water partition coefficient (Wildman–Crippen LogP) is 4.19. The van der Waals surface area contributed by atoms with Gasteiger partial charge in [0.2, 0.25) is 0 Å². The normalized spacial score (nSPS) is 18.6. The average Bonchev–Trinajstić information content (AvgIpc) is 2.99. The Hall–Kier alpha value is -1.19. The Balaban J connectivity index is 2.14. The van der Waals surface area contributed by atoms with Gasteiger partial charge in [0, 0.05) is 5.41 Å². The zero-order chi connectivity index (χ0) is 15.3. The van der Waals surface area contributed by atoms with Gasteiger partial charge in [0.1, 0.15) is 18.7 Å². The largest absolute Gasteiger partial charge is 0.297 e. The first-order valence-corrected chi connectivity index (χ1v) is 8.43. The lowest BCUT2D eigenvalue weighted by Gasteiger charge is -2.31. The van der Waals surface area contributed by atoms with E-state index in [-0.39, 0.29) is 11.5 Å². The molecule has 118 valence electrons. The summed E-state index contributed by atoms with van der Waals surface area (Å²) in [6.07, 6.45) is 12.6. The van der Waals surface area contributed by atoms with Crippen molar-refractivity contribution in [3.05, 3.63) is 12.7 Å². The molecule has 4 heteroatoms. The molecule has 2 rings (SSSR count). The summed E-state index contributed by atoms with van der Waals surface area (Å²) in [6, 6.07) is -0.142. The highest BCUT2D eigenvalue weighted by atomic mass is 16.1. The van der Waals surface area contributed by atoms with E-state index in [1.54, 1.807) is 11.0 Å². The minimum Gasteiger partial charge on any atom is -0.297 e. The summed E-state index contributed by atoms with van der Waals surface area (Å²) < 4.78 is 1.79. The summed E-state index contributed by atoms with van der Waals surface area (Å²) in [5.41, 5.74) is -0.278. The van der Waals surface area contributed by atoms with Crippen molar-refractivity contribution in [2.45, 2.75) is 78.2 Å². The van der Waals surface area contributed by atoms with Gasteiger partial charge < -0.3 is 0 Å². The van der Waals surface area contributed by atoms with Crippen LogP contribution in [0.4, 0.5) is 0 Å². The van der Waals surface area contributed by atoms with Crippen molar-refractivity contribution in [1.29, 1.82) is 0 Å². The van der Waals surface area contributed by atoms with Gasteiger partial charge in [-0.05, 0) is 18.8 Å². The molecule has 1 saturated carbocycles. The van der Waals surface area contributed by atoms with Gasteiger partial charge in [-0.3, -0.25) is 4.79 Å². The molecule has 1 unspecified atom stereocenters. The maximum Gasteiger partial charge on any atom is 0.163 e. The molecule has 0 amide bonds. The molecule has 0 radical (unpaired) electrons. The molecule has 1 aromatic rings. The first kappa shape index (κ1) is 16.2. The molecule has 0 aliphatic heterocycles. The van der Waals surface area contributed by atoms with Crippen molar-refractivity contribution in [3.8, 4) is 0 Å². The van der Waals surface area contributed by atoms with E-state index < -0.39 is 0 Å². The SMILES string of the molecule is CCCC(C)(C)C(=O)C(CC1CCCCC1)n1cncn1. The van der Waals surface area contributed by atoms with E-state index in [4.69, 9.17) is 0 Å². The maximum absolute atomic E-state index is 13.0. The number of hydrogen-bond acceptors (Lipinski definition) is 3. The molecular weight excluding hydrogens is 262 g/mol. The van der Waals surface area contributed by atoms with Crippen LogP contribution in [0.5, 0.6) is 0 Å². The summed E-state index contributed by atoms with van der Waals surface area (Å²) in [5.74, 6) is 0.981. The van der Waals surface area contributed by atoms with E-state index in [1.165, 1.54) is 38.4 Å². The molecule has 1 fully saturated rings. The fraction of sp³-hybridized carbons (Fsp3) is 0.824. The highest BCUT2D eigenvalue weighted by Gasteiger charge is 2.35. The average molecular weight is 291 g/mol. The fourth-order valence-electron chi connectivity index (χ4n) is 3.65. The zero-order valence-corrected chi connectivity index (χ0v) is 13.7. The Morgan fingerprint density at radius 1 is 1.33 bits per heavy atom. The molecule has 21 heavy (non-hydrogen) atoms. The van der Waals surface area contributed by atoms with Crippen LogP contribution in [0.2, 0.25) is 0 Å². The van der Waals surface area contributed by atoms with Gasteiger partial charge >= 0.3 is 0 Å². The Kier molecular flexibility index (Phi) is 5.54. The number of rotatable bonds is 7. The van der Waals surface area contributed by atoms with Crippen LogP contribution in [0.3, 0.4) is 0 Å². The number of carbonyl (C=O) groups is 1. The van der Waals surface area contributed by atoms with Crippen LogP contribution in [0.1, 0.15) is 78.2 Å². The van der Waals surface area contributed by atoms with Crippen LogP contribution < -0.4 is 0 Å². The minimum absolute atomic E-state index is 0.142. The standard InChI is InChI=1S/C17H29N3O/c1-4-10-17(2,3)16(21)15(20-13-18-12-19-20)11-14-8-6-5-7-9-14/h12-15H,4-11H2,1-3H3. The van der Waals surface area contributed by atoms with Gasteiger partial charge in [-0.15, -0.1) is 0 Å². The third-order valence-corrected chi connectivity index (χ3v) is 4.88. The molecule has 0 bridgehead atoms. The quantitative estimate of drug-likeness (QED) is 0.757. The predicted molar refractivity (Wildman–Crippen MR) is 83.9 cm³/mol. The number of Topliss-reactive ketones (excluding diaryl/α,β-unsaturated/α-hetero) is 1. The maximum atomic E-state index is 13.0. The second-order valence-corrected chi connectivity index (χ2v) is 7.13. The van der Waals surface area contributed by atoms with E-state index in [0.29, 0.717) is 11.7 Å². The van der Waals surface area contributed by atoms with Crippen LogP contribution in [0.15, 0.2) is 12.7 Å². The number of carbonyl (C=O) groups excluding carboxylic acids is 1. The topological polar surface area (TPSA) is 47.8 Å². The molecule has 0 N–H and O–H groups in total. The molecule has 1 aliphatic rings. The monoisotopic (exact) mass is 291 g/mol. The van der Waals surface area contributed by atoms with E-state index in [9.17, 15) is 4.79 Å². The van der Waals surface area contributed by atoms with E-state index in [1.807, 2.05) is 0 Å². The second-order valence-electron chi connectivity index (χ2n) is 7.13. The van der Waals surface area contributed by atoms with E-state index in [2.05, 4.69) is 30.9 Å². The summed E-state index contributed by atoms with van der Waals surface area (Å²) in [6.45, 7) is 6.29. The Bertz CT molecular complexity index is 433. The third kappa shape index (κ3) is 4.14. The van der Waals surface area contributed by atoms with E-state index >= 15 is 0 Å². The molecule has 0 saturated heterocycles. The summed E-state index contributed by atoms with van der Waals surface area (Å²) >= 11 is 0. The van der Waals surface area contributed by atoms with Crippen molar-refractivity contribution < 1.29 is 4.79 Å². The minimum atomic E-state index is -0.278. The summed E-state index contributed by atoms with van der Waals surface area (Å²) in [7, 11) is 0. The molecule has 4 nitrogen and oxygen atoms in total. The molecule has 1 atom stereocenters. The highest BCUT2D eigenvalue weighted by Crippen LogP contribution is 2.36. The molecule has 1 aromatic heterocycles. The Labute approximate surface area is 128 Å². The van der Waals surface area contributed by atoms with Crippen molar-refractivity contribution in [3.63, 3.8) is 0 Å². The van der Waals surface area contributed by atoms with Crippen molar-refractivity contribution in [1.82, 2.24) is 14.8 Å².